The monoisotopic (exact) mass is 314 g/mol. The van der Waals surface area contributed by atoms with E-state index in [2.05, 4.69) is 11.6 Å². The molecule has 0 amide bonds. The Bertz CT molecular complexity index is 818. The zero-order valence-electron chi connectivity index (χ0n) is 12.4. The number of halogens is 3. The summed E-state index contributed by atoms with van der Waals surface area (Å²) >= 11 is 0. The van der Waals surface area contributed by atoms with Gasteiger partial charge in [0.25, 0.3) is 0 Å². The van der Waals surface area contributed by atoms with Crippen molar-refractivity contribution in [1.29, 1.82) is 0 Å². The van der Waals surface area contributed by atoms with Gasteiger partial charge in [-0.25, -0.2) is 13.2 Å². The topological polar surface area (TPSA) is 16.1 Å². The molecular formula is C18H13F3N2. The first kappa shape index (κ1) is 15.1. The molecule has 116 valence electrons. The summed E-state index contributed by atoms with van der Waals surface area (Å²) in [5.41, 5.74) is 1.01. The normalized spacial score (nSPS) is 15.0. The summed E-state index contributed by atoms with van der Waals surface area (Å²) in [7, 11) is 1.52. The van der Waals surface area contributed by atoms with Gasteiger partial charge in [0.15, 0.2) is 11.6 Å². The van der Waals surface area contributed by atoms with Crippen molar-refractivity contribution in [2.45, 2.75) is 0 Å². The molecule has 0 bridgehead atoms. The number of hydrogen-bond acceptors (Lipinski definition) is 2. The summed E-state index contributed by atoms with van der Waals surface area (Å²) in [5.74, 6) is -2.18. The van der Waals surface area contributed by atoms with Gasteiger partial charge < -0.3 is 4.90 Å². The lowest BCUT2D eigenvalue weighted by molar-refractivity contribution is 0.511. The Hall–Kier alpha value is -2.82. The first-order valence-corrected chi connectivity index (χ1v) is 6.90. The molecule has 0 unspecified atom stereocenters. The van der Waals surface area contributed by atoms with Gasteiger partial charge in [0.2, 0.25) is 0 Å². The minimum Gasteiger partial charge on any atom is -0.342 e. The van der Waals surface area contributed by atoms with Gasteiger partial charge in [0.1, 0.15) is 5.83 Å². The molecule has 0 fully saturated rings. The van der Waals surface area contributed by atoms with Crippen molar-refractivity contribution in [1.82, 2.24) is 9.88 Å². The third-order valence-electron chi connectivity index (χ3n) is 3.72. The van der Waals surface area contributed by atoms with Gasteiger partial charge in [-0.2, -0.15) is 0 Å². The zero-order valence-corrected chi connectivity index (χ0v) is 12.4. The quantitative estimate of drug-likeness (QED) is 0.809. The number of pyridine rings is 1. The smallest absolute Gasteiger partial charge is 0.153 e. The highest BCUT2D eigenvalue weighted by molar-refractivity contribution is 5.97. The molecule has 23 heavy (non-hydrogen) atoms. The molecule has 0 aliphatic carbocycles. The van der Waals surface area contributed by atoms with Gasteiger partial charge in [-0.05, 0) is 11.6 Å². The second-order valence-corrected chi connectivity index (χ2v) is 5.10. The molecule has 0 atom stereocenters. The van der Waals surface area contributed by atoms with Crippen molar-refractivity contribution in [3.05, 3.63) is 89.7 Å². The molecule has 0 saturated heterocycles. The molecule has 2 heterocycles. The van der Waals surface area contributed by atoms with Crippen LogP contribution in [-0.2, 0) is 0 Å². The van der Waals surface area contributed by atoms with E-state index in [9.17, 15) is 13.2 Å². The van der Waals surface area contributed by atoms with E-state index < -0.39 is 17.5 Å². The summed E-state index contributed by atoms with van der Waals surface area (Å²) in [5, 5.41) is 0. The van der Waals surface area contributed by atoms with Crippen molar-refractivity contribution in [2.24, 2.45) is 0 Å². The van der Waals surface area contributed by atoms with E-state index in [-0.39, 0.29) is 17.0 Å². The van der Waals surface area contributed by atoms with Crippen LogP contribution in [0.25, 0.3) is 11.3 Å². The number of benzene rings is 1. The molecule has 0 radical (unpaired) electrons. The van der Waals surface area contributed by atoms with Gasteiger partial charge in [-0.15, -0.1) is 0 Å². The Labute approximate surface area is 131 Å². The molecule has 2 nitrogen and oxygen atoms in total. The lowest BCUT2D eigenvalue weighted by Crippen LogP contribution is -2.22. The number of hydrogen-bond donors (Lipinski definition) is 0. The molecule has 0 saturated carbocycles. The largest absolute Gasteiger partial charge is 0.342 e. The Morgan fingerprint density at radius 2 is 1.61 bits per heavy atom. The summed E-state index contributed by atoms with van der Waals surface area (Å²) in [6.07, 6.45) is 3.10. The van der Waals surface area contributed by atoms with E-state index in [1.165, 1.54) is 18.0 Å². The molecular weight excluding hydrogens is 301 g/mol. The summed E-state index contributed by atoms with van der Waals surface area (Å²) < 4.78 is 42.6. The fourth-order valence-electron chi connectivity index (χ4n) is 2.53. The third kappa shape index (κ3) is 2.54. The average Bonchev–Trinajstić information content (AvgIpc) is 2.55. The van der Waals surface area contributed by atoms with E-state index in [0.29, 0.717) is 11.1 Å². The van der Waals surface area contributed by atoms with Gasteiger partial charge >= 0.3 is 0 Å². The molecule has 2 aromatic rings. The first-order chi connectivity index (χ1) is 11.0. The molecule has 1 aromatic carbocycles. The van der Waals surface area contributed by atoms with Crippen LogP contribution in [0.4, 0.5) is 13.2 Å². The Kier molecular flexibility index (Phi) is 3.78. The highest BCUT2D eigenvalue weighted by Crippen LogP contribution is 2.39. The van der Waals surface area contributed by atoms with Crippen LogP contribution in [0.2, 0.25) is 0 Å². The maximum Gasteiger partial charge on any atom is 0.153 e. The predicted molar refractivity (Wildman–Crippen MR) is 83.5 cm³/mol. The zero-order chi connectivity index (χ0) is 16.6. The number of aromatic nitrogens is 1. The van der Waals surface area contributed by atoms with Crippen LogP contribution in [0.1, 0.15) is 11.1 Å². The highest BCUT2D eigenvalue weighted by Gasteiger charge is 2.28. The number of allylic oxidation sites excluding steroid dienone is 3. The molecule has 1 aromatic heterocycles. The SMILES string of the molecule is C=C1C(F)=CC(c2ccccc2)=C(c2c(F)cncc2F)N1C. The molecule has 3 rings (SSSR count). The van der Waals surface area contributed by atoms with Crippen molar-refractivity contribution < 1.29 is 13.2 Å². The van der Waals surface area contributed by atoms with Crippen LogP contribution in [0.5, 0.6) is 0 Å². The average molecular weight is 314 g/mol. The Morgan fingerprint density at radius 3 is 2.22 bits per heavy atom. The van der Waals surface area contributed by atoms with Crippen molar-refractivity contribution >= 4 is 11.3 Å². The Balaban J connectivity index is 2.36. The lowest BCUT2D eigenvalue weighted by atomic mass is 9.95. The number of rotatable bonds is 2. The van der Waals surface area contributed by atoms with Crippen molar-refractivity contribution in [3.63, 3.8) is 0 Å². The van der Waals surface area contributed by atoms with E-state index in [0.717, 1.165) is 12.4 Å². The van der Waals surface area contributed by atoms with E-state index in [1.807, 2.05) is 6.07 Å². The fraction of sp³-hybridized carbons (Fsp3) is 0.0556. The summed E-state index contributed by atoms with van der Waals surface area (Å²) in [6, 6.07) is 8.85. The van der Waals surface area contributed by atoms with Crippen molar-refractivity contribution in [2.75, 3.05) is 7.05 Å². The maximum atomic E-state index is 14.2. The third-order valence-corrected chi connectivity index (χ3v) is 3.72. The van der Waals surface area contributed by atoms with Gasteiger partial charge in [-0.1, -0.05) is 36.9 Å². The van der Waals surface area contributed by atoms with E-state index in [4.69, 9.17) is 0 Å². The van der Waals surface area contributed by atoms with Gasteiger partial charge in [0.05, 0.1) is 29.4 Å². The van der Waals surface area contributed by atoms with E-state index >= 15 is 0 Å². The van der Waals surface area contributed by atoms with Crippen LogP contribution in [0, 0.1) is 11.6 Å². The first-order valence-electron chi connectivity index (χ1n) is 6.90. The Morgan fingerprint density at radius 1 is 1.00 bits per heavy atom. The van der Waals surface area contributed by atoms with Crippen LogP contribution in [0.15, 0.2) is 66.9 Å². The van der Waals surface area contributed by atoms with Crippen LogP contribution >= 0.6 is 0 Å². The minimum atomic E-state index is -0.816. The van der Waals surface area contributed by atoms with Crippen LogP contribution in [-0.4, -0.2) is 16.9 Å². The second kappa shape index (κ2) is 5.76. The maximum absolute atomic E-state index is 14.2. The van der Waals surface area contributed by atoms with Crippen molar-refractivity contribution in [3.8, 4) is 0 Å². The van der Waals surface area contributed by atoms with Crippen LogP contribution < -0.4 is 0 Å². The van der Waals surface area contributed by atoms with E-state index in [1.54, 1.807) is 24.3 Å². The molecule has 0 spiro atoms. The second-order valence-electron chi connectivity index (χ2n) is 5.10. The predicted octanol–water partition coefficient (Wildman–Crippen LogP) is 4.54. The fourth-order valence-corrected chi connectivity index (χ4v) is 2.53. The van der Waals surface area contributed by atoms with Gasteiger partial charge in [0, 0.05) is 12.6 Å². The standard InChI is InChI=1S/C18H13F3N2/c1-11-14(19)8-13(12-6-4-3-5-7-12)18(23(11)2)17-15(20)9-22-10-16(17)21/h3-10H,1H2,2H3. The summed E-state index contributed by atoms with van der Waals surface area (Å²) in [6.45, 7) is 3.63. The molecule has 1 aliphatic heterocycles. The van der Waals surface area contributed by atoms with Crippen LogP contribution in [0.3, 0.4) is 0 Å². The van der Waals surface area contributed by atoms with Gasteiger partial charge in [-0.3, -0.25) is 4.98 Å². The minimum absolute atomic E-state index is 0.0373. The lowest BCUT2D eigenvalue weighted by Gasteiger charge is -2.30. The molecule has 5 heteroatoms. The number of likely N-dealkylation sites (N-methyl/N-ethyl adjacent to an activating group) is 1. The molecule has 1 aliphatic rings. The highest BCUT2D eigenvalue weighted by atomic mass is 19.1. The summed E-state index contributed by atoms with van der Waals surface area (Å²) in [4.78, 5) is 4.84. The number of nitrogens with zero attached hydrogens (tertiary/aromatic N) is 2. The molecule has 0 N–H and O–H groups in total.